The molecule has 0 bridgehead atoms. The average molecular weight is 576 g/mol. The second-order valence-electron chi connectivity index (χ2n) is 11.1. The number of pyridine rings is 1. The number of carbonyl (C=O) groups excluding carboxylic acids is 1. The molecule has 4 aromatic rings. The summed E-state index contributed by atoms with van der Waals surface area (Å²) in [5.41, 5.74) is 3.77. The van der Waals surface area contributed by atoms with E-state index in [2.05, 4.69) is 20.3 Å². The molecular weight excluding hydrogens is 543 g/mol. The highest BCUT2D eigenvalue weighted by Crippen LogP contribution is 2.35. The molecule has 1 amide bonds. The molecule has 6 rings (SSSR count). The van der Waals surface area contributed by atoms with Crippen LogP contribution >= 0.6 is 0 Å². The summed E-state index contributed by atoms with van der Waals surface area (Å²) in [7, 11) is 1.84. The van der Waals surface area contributed by atoms with Crippen LogP contribution < -0.4 is 10.1 Å². The molecule has 0 spiro atoms. The third-order valence-corrected chi connectivity index (χ3v) is 7.94. The summed E-state index contributed by atoms with van der Waals surface area (Å²) in [6.07, 6.45) is 4.72. The number of fused-ring (bicyclic) bond motifs is 1. The molecule has 2 aromatic carbocycles. The Morgan fingerprint density at radius 1 is 1.05 bits per heavy atom. The SMILES string of the molecule is Cn1cc(-c2cc(Oc3ccc4c(c3)CC(C(=O)Nc3cc(CN5CCCC5)cc(C(F)(F)F)c3)CC4)ccn2)cn1. The predicted molar refractivity (Wildman–Crippen MR) is 153 cm³/mol. The molecule has 218 valence electrons. The van der Waals surface area contributed by atoms with E-state index in [1.807, 2.05) is 37.5 Å². The van der Waals surface area contributed by atoms with E-state index in [9.17, 15) is 18.0 Å². The van der Waals surface area contributed by atoms with Crippen molar-refractivity contribution in [3.63, 3.8) is 0 Å². The lowest BCUT2D eigenvalue weighted by molar-refractivity contribution is -0.137. The number of amides is 1. The number of alkyl halides is 3. The minimum atomic E-state index is -4.49. The summed E-state index contributed by atoms with van der Waals surface area (Å²) in [6, 6.07) is 13.4. The van der Waals surface area contributed by atoms with Crippen molar-refractivity contribution in [2.75, 3.05) is 18.4 Å². The lowest BCUT2D eigenvalue weighted by Crippen LogP contribution is -2.28. The van der Waals surface area contributed by atoms with Gasteiger partial charge in [0.05, 0.1) is 17.5 Å². The number of nitrogens with one attached hydrogen (secondary N) is 1. The Morgan fingerprint density at radius 3 is 2.62 bits per heavy atom. The minimum Gasteiger partial charge on any atom is -0.457 e. The first-order chi connectivity index (χ1) is 20.2. The smallest absolute Gasteiger partial charge is 0.416 e. The zero-order valence-corrected chi connectivity index (χ0v) is 23.3. The Balaban J connectivity index is 1.15. The van der Waals surface area contributed by atoms with Crippen molar-refractivity contribution in [3.05, 3.63) is 89.4 Å². The maximum Gasteiger partial charge on any atom is 0.416 e. The number of rotatable bonds is 7. The van der Waals surface area contributed by atoms with E-state index in [0.29, 0.717) is 42.9 Å². The van der Waals surface area contributed by atoms with Crippen LogP contribution in [0.5, 0.6) is 11.5 Å². The number of benzene rings is 2. The van der Waals surface area contributed by atoms with Crippen LogP contribution in [0.4, 0.5) is 18.9 Å². The van der Waals surface area contributed by atoms with Gasteiger partial charge in [-0.25, -0.2) is 0 Å². The molecule has 0 radical (unpaired) electrons. The van der Waals surface area contributed by atoms with Gasteiger partial charge in [0.2, 0.25) is 5.91 Å². The molecule has 1 atom stereocenters. The molecule has 1 saturated heterocycles. The number of hydrogen-bond donors (Lipinski definition) is 1. The summed E-state index contributed by atoms with van der Waals surface area (Å²) in [4.78, 5) is 19.8. The summed E-state index contributed by atoms with van der Waals surface area (Å²) in [5, 5.41) is 6.99. The van der Waals surface area contributed by atoms with Crippen molar-refractivity contribution < 1.29 is 22.7 Å². The molecule has 1 unspecified atom stereocenters. The van der Waals surface area contributed by atoms with Gasteiger partial charge in [0, 0.05) is 49.2 Å². The number of carbonyl (C=O) groups is 1. The van der Waals surface area contributed by atoms with Crippen LogP contribution in [0.25, 0.3) is 11.3 Å². The van der Waals surface area contributed by atoms with Crippen LogP contribution in [0.1, 0.15) is 41.5 Å². The van der Waals surface area contributed by atoms with E-state index in [1.54, 1.807) is 29.2 Å². The van der Waals surface area contributed by atoms with Crippen molar-refractivity contribution in [3.8, 4) is 22.8 Å². The fraction of sp³-hybridized carbons (Fsp3) is 0.344. The monoisotopic (exact) mass is 575 g/mol. The largest absolute Gasteiger partial charge is 0.457 e. The van der Waals surface area contributed by atoms with Gasteiger partial charge in [0.15, 0.2) is 0 Å². The van der Waals surface area contributed by atoms with E-state index >= 15 is 0 Å². The van der Waals surface area contributed by atoms with Crippen LogP contribution in [0, 0.1) is 5.92 Å². The Hall–Kier alpha value is -4.18. The number of nitrogens with zero attached hydrogens (tertiary/aromatic N) is 4. The maximum absolute atomic E-state index is 13.7. The first-order valence-electron chi connectivity index (χ1n) is 14.2. The van der Waals surface area contributed by atoms with Crippen LogP contribution in [0.2, 0.25) is 0 Å². The third kappa shape index (κ3) is 6.49. The Bertz CT molecular complexity index is 1590. The normalized spacial score (nSPS) is 17.2. The van der Waals surface area contributed by atoms with Gasteiger partial charge in [-0.05, 0) is 98.3 Å². The van der Waals surface area contributed by atoms with Crippen LogP contribution in [0.3, 0.4) is 0 Å². The minimum absolute atomic E-state index is 0.189. The molecule has 3 heterocycles. The predicted octanol–water partition coefficient (Wildman–Crippen LogP) is 6.63. The van der Waals surface area contributed by atoms with Gasteiger partial charge in [-0.3, -0.25) is 19.4 Å². The average Bonchev–Trinajstić information content (AvgIpc) is 3.64. The molecule has 2 aromatic heterocycles. The van der Waals surface area contributed by atoms with Gasteiger partial charge in [0.25, 0.3) is 0 Å². The van der Waals surface area contributed by atoms with E-state index in [1.165, 1.54) is 6.07 Å². The van der Waals surface area contributed by atoms with E-state index < -0.39 is 11.7 Å². The molecule has 1 fully saturated rings. The topological polar surface area (TPSA) is 72.3 Å². The zero-order chi connectivity index (χ0) is 29.3. The third-order valence-electron chi connectivity index (χ3n) is 7.94. The Morgan fingerprint density at radius 2 is 1.86 bits per heavy atom. The lowest BCUT2D eigenvalue weighted by atomic mass is 9.83. The lowest BCUT2D eigenvalue weighted by Gasteiger charge is -2.25. The van der Waals surface area contributed by atoms with Gasteiger partial charge in [-0.2, -0.15) is 18.3 Å². The number of halogens is 3. The van der Waals surface area contributed by atoms with Gasteiger partial charge in [0.1, 0.15) is 11.5 Å². The maximum atomic E-state index is 13.7. The number of likely N-dealkylation sites (tertiary alicyclic amines) is 1. The highest BCUT2D eigenvalue weighted by atomic mass is 19.4. The van der Waals surface area contributed by atoms with Gasteiger partial charge < -0.3 is 10.1 Å². The molecule has 1 aliphatic heterocycles. The number of hydrogen-bond acceptors (Lipinski definition) is 5. The quantitative estimate of drug-likeness (QED) is 0.268. The summed E-state index contributed by atoms with van der Waals surface area (Å²) < 4.78 is 48.9. The van der Waals surface area contributed by atoms with E-state index in [-0.39, 0.29) is 17.5 Å². The molecular formula is C32H32F3N5O2. The zero-order valence-electron chi connectivity index (χ0n) is 23.3. The van der Waals surface area contributed by atoms with Crippen LogP contribution in [-0.2, 0) is 37.4 Å². The highest BCUT2D eigenvalue weighted by Gasteiger charge is 2.32. The number of anilines is 1. The van der Waals surface area contributed by atoms with Crippen molar-refractivity contribution in [2.45, 2.75) is 44.8 Å². The molecule has 7 nitrogen and oxygen atoms in total. The summed E-state index contributed by atoms with van der Waals surface area (Å²) in [5.74, 6) is 0.641. The van der Waals surface area contributed by atoms with Gasteiger partial charge in [-0.15, -0.1) is 0 Å². The molecule has 1 N–H and O–H groups in total. The fourth-order valence-electron chi connectivity index (χ4n) is 5.81. The number of ether oxygens (including phenoxy) is 1. The molecule has 10 heteroatoms. The fourth-order valence-corrected chi connectivity index (χ4v) is 5.81. The van der Waals surface area contributed by atoms with Gasteiger partial charge in [-0.1, -0.05) is 6.07 Å². The summed E-state index contributed by atoms with van der Waals surface area (Å²) in [6.45, 7) is 2.18. The standard InChI is InChI=1S/C32H32F3N5O2/c1-39-20-25(18-37-39)30-17-29(8-9-36-30)42-28-7-6-22-4-5-23(14-24(22)15-28)31(41)38-27-13-21(19-40-10-2-3-11-40)12-26(16-27)32(33,34)35/h6-9,12-13,15-18,20,23H,2-5,10-11,14,19H2,1H3,(H,38,41). The molecule has 42 heavy (non-hydrogen) atoms. The van der Waals surface area contributed by atoms with E-state index in [0.717, 1.165) is 54.4 Å². The van der Waals surface area contributed by atoms with Crippen molar-refractivity contribution in [2.24, 2.45) is 13.0 Å². The first-order valence-corrected chi connectivity index (χ1v) is 14.2. The summed E-state index contributed by atoms with van der Waals surface area (Å²) >= 11 is 0. The highest BCUT2D eigenvalue weighted by molar-refractivity contribution is 5.93. The first kappa shape index (κ1) is 28.0. The van der Waals surface area contributed by atoms with Crippen LogP contribution in [-0.4, -0.2) is 38.7 Å². The van der Waals surface area contributed by atoms with Crippen molar-refractivity contribution >= 4 is 11.6 Å². The second kappa shape index (κ2) is 11.6. The molecule has 1 aliphatic carbocycles. The number of aryl methyl sites for hydroxylation is 2. The van der Waals surface area contributed by atoms with E-state index in [4.69, 9.17) is 4.74 Å². The van der Waals surface area contributed by atoms with Crippen molar-refractivity contribution in [1.82, 2.24) is 19.7 Å². The second-order valence-corrected chi connectivity index (χ2v) is 11.1. The molecule has 0 saturated carbocycles. The Labute approximate surface area is 242 Å². The van der Waals surface area contributed by atoms with Crippen LogP contribution in [0.15, 0.2) is 67.1 Å². The van der Waals surface area contributed by atoms with Gasteiger partial charge >= 0.3 is 6.18 Å². The molecule has 2 aliphatic rings. The van der Waals surface area contributed by atoms with Crippen molar-refractivity contribution in [1.29, 1.82) is 0 Å². The Kier molecular flexibility index (Phi) is 7.72. The number of aromatic nitrogens is 3.